The van der Waals surface area contributed by atoms with Crippen molar-refractivity contribution in [2.45, 2.75) is 26.7 Å². The van der Waals surface area contributed by atoms with Crippen LogP contribution in [0.3, 0.4) is 0 Å². The van der Waals surface area contributed by atoms with E-state index in [-0.39, 0.29) is 34.7 Å². The van der Waals surface area contributed by atoms with Gasteiger partial charge in [-0.2, -0.15) is 0 Å². The van der Waals surface area contributed by atoms with E-state index in [2.05, 4.69) is 24.0 Å². The van der Waals surface area contributed by atoms with Crippen LogP contribution in [0.25, 0.3) is 10.9 Å². The number of carbonyl (C=O) groups is 1. The molecule has 0 aliphatic carbocycles. The SMILES string of the molecule is CCCC(=O)c1cnc2c(OCCO)cccc2c1[As]c1ccccc1C. The van der Waals surface area contributed by atoms with Crippen LogP contribution >= 0.6 is 0 Å². The van der Waals surface area contributed by atoms with Crippen LogP contribution in [-0.2, 0) is 0 Å². The molecule has 0 atom stereocenters. The van der Waals surface area contributed by atoms with E-state index in [0.29, 0.717) is 12.2 Å². The van der Waals surface area contributed by atoms with Crippen LogP contribution in [0.5, 0.6) is 5.75 Å². The van der Waals surface area contributed by atoms with E-state index < -0.39 is 0 Å². The number of para-hydroxylation sites is 1. The number of ether oxygens (including phenoxy) is 1. The summed E-state index contributed by atoms with van der Waals surface area (Å²) in [7, 11) is 0. The topological polar surface area (TPSA) is 59.4 Å². The van der Waals surface area contributed by atoms with Gasteiger partial charge < -0.3 is 0 Å². The van der Waals surface area contributed by atoms with Crippen molar-refractivity contribution in [3.63, 3.8) is 0 Å². The van der Waals surface area contributed by atoms with Gasteiger partial charge in [0, 0.05) is 0 Å². The van der Waals surface area contributed by atoms with Gasteiger partial charge in [-0.05, 0) is 0 Å². The minimum absolute atomic E-state index is 0.0502. The molecule has 1 aromatic heterocycles. The molecule has 1 heterocycles. The van der Waals surface area contributed by atoms with Crippen molar-refractivity contribution >= 4 is 41.1 Å². The van der Waals surface area contributed by atoms with Gasteiger partial charge in [0.25, 0.3) is 0 Å². The molecule has 0 saturated carbocycles. The summed E-state index contributed by atoms with van der Waals surface area (Å²) in [6.45, 7) is 4.29. The van der Waals surface area contributed by atoms with Gasteiger partial charge >= 0.3 is 166 Å². The summed E-state index contributed by atoms with van der Waals surface area (Å²) < 4.78 is 8.03. The molecule has 0 aliphatic heterocycles. The van der Waals surface area contributed by atoms with E-state index in [0.717, 1.165) is 27.2 Å². The third kappa shape index (κ3) is 4.40. The number of hydrogen-bond donors (Lipinski definition) is 1. The van der Waals surface area contributed by atoms with Gasteiger partial charge in [-0.15, -0.1) is 0 Å². The van der Waals surface area contributed by atoms with E-state index in [1.165, 1.54) is 9.91 Å². The summed E-state index contributed by atoms with van der Waals surface area (Å²) in [5.41, 5.74) is 2.72. The third-order valence-corrected chi connectivity index (χ3v) is 7.34. The molecule has 4 nitrogen and oxygen atoms in total. The minimum atomic E-state index is -0.374. The van der Waals surface area contributed by atoms with Crippen LogP contribution in [0, 0.1) is 6.92 Å². The molecule has 0 saturated heterocycles. The molecule has 27 heavy (non-hydrogen) atoms. The van der Waals surface area contributed by atoms with E-state index in [4.69, 9.17) is 9.84 Å². The fraction of sp³-hybridized carbons (Fsp3) is 0.273. The third-order valence-electron chi connectivity index (χ3n) is 4.31. The van der Waals surface area contributed by atoms with E-state index in [1.54, 1.807) is 6.20 Å². The molecule has 0 unspecified atom stereocenters. The van der Waals surface area contributed by atoms with Crippen molar-refractivity contribution in [3.05, 3.63) is 59.8 Å². The molecule has 0 fully saturated rings. The molecule has 1 N–H and O–H groups in total. The second-order valence-corrected chi connectivity index (χ2v) is 8.73. The van der Waals surface area contributed by atoms with Crippen LogP contribution in [-0.4, -0.2) is 44.8 Å². The number of aliphatic hydroxyl groups is 1. The summed E-state index contributed by atoms with van der Waals surface area (Å²) >= 11 is -0.374. The number of aryl methyl sites for hydroxylation is 1. The molecule has 3 rings (SSSR count). The number of Topliss-reactive ketones (excluding diaryl/α,β-unsaturated/α-hetero) is 1. The van der Waals surface area contributed by atoms with Crippen molar-refractivity contribution in [2.24, 2.45) is 0 Å². The number of fused-ring (bicyclic) bond motifs is 1. The maximum atomic E-state index is 12.8. The Bertz CT molecular complexity index is 955. The zero-order chi connectivity index (χ0) is 19.2. The summed E-state index contributed by atoms with van der Waals surface area (Å²) in [5, 5.41) is 10.0. The Kier molecular flexibility index (Phi) is 6.65. The van der Waals surface area contributed by atoms with Gasteiger partial charge in [0.05, 0.1) is 0 Å². The number of aliphatic hydroxyl groups excluding tert-OH is 1. The predicted molar refractivity (Wildman–Crippen MR) is 110 cm³/mol. The molecule has 0 spiro atoms. The van der Waals surface area contributed by atoms with Gasteiger partial charge in [-0.3, -0.25) is 0 Å². The number of hydrogen-bond acceptors (Lipinski definition) is 4. The summed E-state index contributed by atoms with van der Waals surface area (Å²) in [5.74, 6) is 0.788. The molecular weight excluding hydrogens is 401 g/mol. The molecule has 139 valence electrons. The summed E-state index contributed by atoms with van der Waals surface area (Å²) in [4.78, 5) is 17.3. The molecular formula is C22H23AsNO3. The zero-order valence-electron chi connectivity index (χ0n) is 15.6. The van der Waals surface area contributed by atoms with Crippen LogP contribution in [0.4, 0.5) is 0 Å². The average molecular weight is 424 g/mol. The Morgan fingerprint density at radius 3 is 2.74 bits per heavy atom. The van der Waals surface area contributed by atoms with Crippen LogP contribution in [0.2, 0.25) is 0 Å². The standard InChI is InChI=1S/C22H23AsNO3/c1-3-7-19(26)17-14-24-22-16(9-6-11-20(22)27-13-12-25)21(17)23-18-10-5-4-8-15(18)2/h4-6,8-11,14,25H,3,7,12-13H2,1-2H3. The van der Waals surface area contributed by atoms with E-state index in [9.17, 15) is 4.79 Å². The second-order valence-electron chi connectivity index (χ2n) is 6.32. The Morgan fingerprint density at radius 1 is 1.19 bits per heavy atom. The molecule has 2 aromatic carbocycles. The molecule has 5 heteroatoms. The molecule has 3 aromatic rings. The van der Waals surface area contributed by atoms with Crippen LogP contribution in [0.15, 0.2) is 48.7 Å². The summed E-state index contributed by atoms with van der Waals surface area (Å²) in [6, 6.07) is 14.1. The number of nitrogens with zero attached hydrogens (tertiary/aromatic N) is 1. The Balaban J connectivity index is 2.17. The number of rotatable bonds is 8. The second kappa shape index (κ2) is 9.16. The molecule has 0 amide bonds. The van der Waals surface area contributed by atoms with Crippen LogP contribution < -0.4 is 13.4 Å². The fourth-order valence-corrected chi connectivity index (χ4v) is 5.59. The first-order chi connectivity index (χ1) is 13.2. The maximum absolute atomic E-state index is 12.8. The van der Waals surface area contributed by atoms with Crippen molar-refractivity contribution in [3.8, 4) is 5.75 Å². The first-order valence-electron chi connectivity index (χ1n) is 9.11. The quantitative estimate of drug-likeness (QED) is 0.446. The Labute approximate surface area is 166 Å². The molecule has 0 aliphatic rings. The average Bonchev–Trinajstić information content (AvgIpc) is 2.68. The van der Waals surface area contributed by atoms with Gasteiger partial charge in [-0.25, -0.2) is 0 Å². The van der Waals surface area contributed by atoms with Gasteiger partial charge in [-0.1, -0.05) is 0 Å². The van der Waals surface area contributed by atoms with Crippen molar-refractivity contribution < 1.29 is 14.6 Å². The monoisotopic (exact) mass is 424 g/mol. The van der Waals surface area contributed by atoms with Crippen LogP contribution in [0.1, 0.15) is 35.7 Å². The first kappa shape index (κ1) is 19.6. The Hall–Kier alpha value is -2.16. The van der Waals surface area contributed by atoms with Crippen molar-refractivity contribution in [1.29, 1.82) is 0 Å². The number of aromatic nitrogens is 1. The van der Waals surface area contributed by atoms with E-state index >= 15 is 0 Å². The van der Waals surface area contributed by atoms with E-state index in [1.807, 2.05) is 37.3 Å². The zero-order valence-corrected chi connectivity index (χ0v) is 17.5. The number of pyridine rings is 1. The first-order valence-corrected chi connectivity index (χ1v) is 11.0. The number of ketones is 1. The summed E-state index contributed by atoms with van der Waals surface area (Å²) in [6.07, 6.45) is 3.04. The van der Waals surface area contributed by atoms with Gasteiger partial charge in [0.1, 0.15) is 0 Å². The molecule has 1 radical (unpaired) electrons. The fourth-order valence-electron chi connectivity index (χ4n) is 2.95. The number of benzene rings is 2. The Morgan fingerprint density at radius 2 is 2.00 bits per heavy atom. The van der Waals surface area contributed by atoms with Crippen molar-refractivity contribution in [2.75, 3.05) is 13.2 Å². The van der Waals surface area contributed by atoms with Gasteiger partial charge in [0.15, 0.2) is 0 Å². The van der Waals surface area contributed by atoms with Crippen molar-refractivity contribution in [1.82, 2.24) is 4.98 Å². The number of carbonyl (C=O) groups excluding carboxylic acids is 1. The molecule has 0 bridgehead atoms. The normalized spacial score (nSPS) is 11.4. The predicted octanol–water partition coefficient (Wildman–Crippen LogP) is 2.55. The van der Waals surface area contributed by atoms with Gasteiger partial charge in [0.2, 0.25) is 0 Å².